The van der Waals surface area contributed by atoms with Gasteiger partial charge in [0, 0.05) is 0 Å². The molecule has 3 aliphatic carbocycles. The van der Waals surface area contributed by atoms with Gasteiger partial charge in [0.2, 0.25) is 0 Å². The smallest absolute Gasteiger partial charge is 0.0159 e. The Bertz CT molecular complexity index is 733. The van der Waals surface area contributed by atoms with E-state index in [0.717, 1.165) is 29.6 Å². The third kappa shape index (κ3) is 7.10. The van der Waals surface area contributed by atoms with Gasteiger partial charge in [0.1, 0.15) is 0 Å². The van der Waals surface area contributed by atoms with Crippen LogP contribution >= 0.6 is 0 Å². The predicted molar refractivity (Wildman–Crippen MR) is 145 cm³/mol. The van der Waals surface area contributed by atoms with Crippen molar-refractivity contribution in [1.82, 2.24) is 0 Å². The van der Waals surface area contributed by atoms with Gasteiger partial charge >= 0.3 is 0 Å². The zero-order chi connectivity index (χ0) is 22.9. The topological polar surface area (TPSA) is 0 Å². The Morgan fingerprint density at radius 1 is 0.848 bits per heavy atom. The fraction of sp³-hybridized carbons (Fsp3) is 0.697. The van der Waals surface area contributed by atoms with Crippen molar-refractivity contribution in [3.63, 3.8) is 0 Å². The first kappa shape index (κ1) is 24.8. The molecule has 0 heterocycles. The van der Waals surface area contributed by atoms with Crippen LogP contribution in [0.4, 0.5) is 0 Å². The van der Waals surface area contributed by atoms with E-state index >= 15 is 0 Å². The van der Waals surface area contributed by atoms with Crippen molar-refractivity contribution in [2.24, 2.45) is 23.7 Å². The molecule has 0 atom stereocenters. The number of hydrogen-bond acceptors (Lipinski definition) is 0. The van der Waals surface area contributed by atoms with Gasteiger partial charge in [-0.3, -0.25) is 0 Å². The Kier molecular flexibility index (Phi) is 9.75. The molecule has 0 aliphatic heterocycles. The summed E-state index contributed by atoms with van der Waals surface area (Å²) < 4.78 is 0. The van der Waals surface area contributed by atoms with E-state index in [2.05, 4.69) is 49.9 Å². The van der Waals surface area contributed by atoms with Crippen molar-refractivity contribution < 1.29 is 0 Å². The third-order valence-corrected chi connectivity index (χ3v) is 9.36. The molecule has 0 amide bonds. The lowest BCUT2D eigenvalue weighted by atomic mass is 9.73. The summed E-state index contributed by atoms with van der Waals surface area (Å²) in [6, 6.07) is 9.85. The Hall–Kier alpha value is -1.30. The lowest BCUT2D eigenvalue weighted by molar-refractivity contribution is 0.293. The van der Waals surface area contributed by atoms with Crippen molar-refractivity contribution >= 4 is 5.57 Å². The number of benzene rings is 1. The Morgan fingerprint density at radius 2 is 1.61 bits per heavy atom. The lowest BCUT2D eigenvalue weighted by Gasteiger charge is -2.32. The number of hydrogen-bond donors (Lipinski definition) is 0. The highest BCUT2D eigenvalue weighted by atomic mass is 14.3. The van der Waals surface area contributed by atoms with Crippen LogP contribution in [0.15, 0.2) is 43.0 Å². The molecule has 0 saturated heterocycles. The Balaban J connectivity index is 1.48. The van der Waals surface area contributed by atoms with E-state index in [0.29, 0.717) is 0 Å². The normalized spacial score (nSPS) is 29.7. The summed E-state index contributed by atoms with van der Waals surface area (Å²) in [6.07, 6.45) is 28.9. The minimum Gasteiger partial charge on any atom is -0.103 e. The summed E-state index contributed by atoms with van der Waals surface area (Å²) in [5.41, 5.74) is 4.91. The molecule has 0 radical (unpaired) electrons. The van der Waals surface area contributed by atoms with Crippen LogP contribution in [0, 0.1) is 23.7 Å². The average molecular weight is 447 g/mol. The average Bonchev–Trinajstić information content (AvgIpc) is 2.89. The van der Waals surface area contributed by atoms with Crippen LogP contribution in [0.25, 0.3) is 5.57 Å². The summed E-state index contributed by atoms with van der Waals surface area (Å²) in [7, 11) is 0. The molecule has 182 valence electrons. The summed E-state index contributed by atoms with van der Waals surface area (Å²) >= 11 is 0. The van der Waals surface area contributed by atoms with Crippen LogP contribution in [0.2, 0.25) is 0 Å². The summed E-state index contributed by atoms with van der Waals surface area (Å²) in [4.78, 5) is 0. The van der Waals surface area contributed by atoms with Crippen LogP contribution in [-0.2, 0) is 0 Å². The molecule has 33 heavy (non-hydrogen) atoms. The third-order valence-electron chi connectivity index (χ3n) is 9.36. The summed E-state index contributed by atoms with van der Waals surface area (Å²) in [6.45, 7) is 6.38. The molecule has 0 bridgehead atoms. The Morgan fingerprint density at radius 3 is 2.30 bits per heavy atom. The molecule has 0 aromatic heterocycles. The van der Waals surface area contributed by atoms with Crippen LogP contribution < -0.4 is 0 Å². The van der Waals surface area contributed by atoms with Gasteiger partial charge in [-0.15, -0.1) is 6.58 Å². The second-order valence-electron chi connectivity index (χ2n) is 11.7. The van der Waals surface area contributed by atoms with Gasteiger partial charge in [-0.05, 0) is 110 Å². The molecular weight excluding hydrogens is 396 g/mol. The standard InChI is InChI=1S/C33H50/c1-3-5-7-11-27-18-22-30(23-19-27)33(24-28-12-8-6-9-13-28)32-15-10-14-31(25-32)29-20-16-26(4-2)17-21-29/h4,10,14-15,24-30H,2-3,5-9,11-13,16-23H2,1H3. The SMILES string of the molecule is C=CC1CCC(c2cccc(C(=CC3CCCCC3)C3CCC(CCCCC)CC3)c2)CC1. The molecule has 1 aromatic rings. The molecule has 3 fully saturated rings. The first-order valence-electron chi connectivity index (χ1n) is 14.7. The predicted octanol–water partition coefficient (Wildman–Crippen LogP) is 10.5. The zero-order valence-corrected chi connectivity index (χ0v) is 21.6. The van der Waals surface area contributed by atoms with Gasteiger partial charge in [0.25, 0.3) is 0 Å². The molecule has 3 aliphatic rings. The van der Waals surface area contributed by atoms with Crippen LogP contribution in [0.3, 0.4) is 0 Å². The van der Waals surface area contributed by atoms with E-state index in [1.165, 1.54) is 109 Å². The number of unbranched alkanes of at least 4 members (excludes halogenated alkanes) is 2. The highest BCUT2D eigenvalue weighted by Gasteiger charge is 2.27. The first-order chi connectivity index (χ1) is 16.3. The molecule has 0 unspecified atom stereocenters. The molecule has 0 spiro atoms. The maximum atomic E-state index is 4.05. The van der Waals surface area contributed by atoms with Gasteiger partial charge < -0.3 is 0 Å². The zero-order valence-electron chi connectivity index (χ0n) is 21.6. The maximum absolute atomic E-state index is 4.05. The molecule has 0 heteroatoms. The molecule has 3 saturated carbocycles. The molecule has 0 nitrogen and oxygen atoms in total. The molecule has 1 aromatic carbocycles. The second-order valence-corrected chi connectivity index (χ2v) is 11.7. The minimum atomic E-state index is 0.749. The van der Waals surface area contributed by atoms with E-state index in [4.69, 9.17) is 0 Å². The van der Waals surface area contributed by atoms with E-state index in [9.17, 15) is 0 Å². The Labute approximate surface area is 205 Å². The number of allylic oxidation sites excluding steroid dienone is 3. The molecule has 4 rings (SSSR count). The maximum Gasteiger partial charge on any atom is -0.0159 e. The fourth-order valence-electron chi connectivity index (χ4n) is 7.13. The monoisotopic (exact) mass is 446 g/mol. The van der Waals surface area contributed by atoms with E-state index in [1.807, 2.05) is 0 Å². The minimum absolute atomic E-state index is 0.749. The highest BCUT2D eigenvalue weighted by Crippen LogP contribution is 2.43. The van der Waals surface area contributed by atoms with Crippen LogP contribution in [-0.4, -0.2) is 0 Å². The van der Waals surface area contributed by atoms with Crippen molar-refractivity contribution in [3.05, 3.63) is 54.1 Å². The lowest BCUT2D eigenvalue weighted by Crippen LogP contribution is -2.17. The number of rotatable bonds is 9. The molecule has 0 N–H and O–H groups in total. The largest absolute Gasteiger partial charge is 0.103 e. The first-order valence-corrected chi connectivity index (χ1v) is 14.7. The quantitative estimate of drug-likeness (QED) is 0.261. The molecular formula is C33H50. The van der Waals surface area contributed by atoms with Gasteiger partial charge in [-0.2, -0.15) is 0 Å². The van der Waals surface area contributed by atoms with E-state index in [1.54, 1.807) is 16.7 Å². The van der Waals surface area contributed by atoms with Crippen molar-refractivity contribution in [1.29, 1.82) is 0 Å². The van der Waals surface area contributed by atoms with Gasteiger partial charge in [-0.25, -0.2) is 0 Å². The van der Waals surface area contributed by atoms with Crippen LogP contribution in [0.5, 0.6) is 0 Å². The van der Waals surface area contributed by atoms with Crippen molar-refractivity contribution in [3.8, 4) is 0 Å². The van der Waals surface area contributed by atoms with E-state index in [-0.39, 0.29) is 0 Å². The summed E-state index contributed by atoms with van der Waals surface area (Å²) in [5, 5.41) is 0. The van der Waals surface area contributed by atoms with Crippen molar-refractivity contribution in [2.75, 3.05) is 0 Å². The highest BCUT2D eigenvalue weighted by molar-refractivity contribution is 5.68. The van der Waals surface area contributed by atoms with Gasteiger partial charge in [0.15, 0.2) is 0 Å². The second kappa shape index (κ2) is 13.0. The van der Waals surface area contributed by atoms with E-state index < -0.39 is 0 Å². The van der Waals surface area contributed by atoms with Crippen molar-refractivity contribution in [2.45, 2.75) is 122 Å². The van der Waals surface area contributed by atoms with Gasteiger partial charge in [0.05, 0.1) is 0 Å². The summed E-state index contributed by atoms with van der Waals surface area (Å²) in [5.74, 6) is 4.11. The fourth-order valence-corrected chi connectivity index (χ4v) is 7.13. The van der Waals surface area contributed by atoms with Gasteiger partial charge in [-0.1, -0.05) is 88.3 Å². The van der Waals surface area contributed by atoms with Crippen LogP contribution in [0.1, 0.15) is 133 Å².